The highest BCUT2D eigenvalue weighted by Crippen LogP contribution is 2.37. The summed E-state index contributed by atoms with van der Waals surface area (Å²) in [6, 6.07) is 10.6. The van der Waals surface area contributed by atoms with Gasteiger partial charge in [-0.1, -0.05) is 18.2 Å². The highest BCUT2D eigenvalue weighted by atomic mass is 19.4. The number of aliphatic carboxylic acids is 1. The molecule has 8 nitrogen and oxygen atoms in total. The van der Waals surface area contributed by atoms with Gasteiger partial charge in [-0.15, -0.1) is 0 Å². The van der Waals surface area contributed by atoms with E-state index in [9.17, 15) is 36.2 Å². The SMILES string of the molecule is CC(C)Oc1nc(CN(Cc2cc(C(F)(F)F)cc(C(F)(F)F)c2)c2ncc(N3CCC(C(=O)O)CC3)cn2)cc2ccccc12. The quantitative estimate of drug-likeness (QED) is 0.189. The molecular formula is C32H31F6N5O3. The predicted octanol–water partition coefficient (Wildman–Crippen LogP) is 7.36. The fourth-order valence-corrected chi connectivity index (χ4v) is 5.36. The number of carbonyl (C=O) groups is 1. The van der Waals surface area contributed by atoms with Gasteiger partial charge >= 0.3 is 18.3 Å². The molecule has 1 fully saturated rings. The van der Waals surface area contributed by atoms with Crippen LogP contribution in [0, 0.1) is 5.92 Å². The number of ether oxygens (including phenoxy) is 1. The van der Waals surface area contributed by atoms with Crippen LogP contribution in [0.2, 0.25) is 0 Å². The van der Waals surface area contributed by atoms with Crippen LogP contribution in [0.1, 0.15) is 49.1 Å². The van der Waals surface area contributed by atoms with Crippen LogP contribution in [0.3, 0.4) is 0 Å². The second kappa shape index (κ2) is 13.0. The molecule has 0 bridgehead atoms. The molecule has 0 unspecified atom stereocenters. The Morgan fingerprint density at radius 1 is 0.957 bits per heavy atom. The summed E-state index contributed by atoms with van der Waals surface area (Å²) < 4.78 is 87.9. The van der Waals surface area contributed by atoms with E-state index in [0.29, 0.717) is 55.3 Å². The third kappa shape index (κ3) is 7.77. The molecule has 0 radical (unpaired) electrons. The zero-order valence-corrected chi connectivity index (χ0v) is 24.9. The number of benzene rings is 2. The van der Waals surface area contributed by atoms with Crippen molar-refractivity contribution in [1.29, 1.82) is 0 Å². The summed E-state index contributed by atoms with van der Waals surface area (Å²) in [5.74, 6) is -0.909. The lowest BCUT2D eigenvalue weighted by atomic mass is 9.97. The lowest BCUT2D eigenvalue weighted by Gasteiger charge is -2.31. The standard InChI is InChI=1S/C32H31F6N5O3/c1-19(2)46-28-27-6-4-3-5-22(27)13-25(41-28)18-43(17-20-11-23(31(33,34)35)14-24(12-20)32(36,37)38)30-39-15-26(16-40-30)42-9-7-21(8-10-42)29(44)45/h3-6,11-16,19,21H,7-10,17-18H2,1-2H3,(H,44,45). The third-order valence-electron chi connectivity index (χ3n) is 7.60. The van der Waals surface area contributed by atoms with Crippen LogP contribution in [0.4, 0.5) is 38.0 Å². The minimum absolute atomic E-state index is 0.0522. The second-order valence-electron chi connectivity index (χ2n) is 11.4. The minimum Gasteiger partial charge on any atom is -0.481 e. The fraction of sp³-hybridized carbons (Fsp3) is 0.375. The van der Waals surface area contributed by atoms with Crippen LogP contribution in [-0.4, -0.2) is 45.2 Å². The normalized spacial score (nSPS) is 14.6. The first-order chi connectivity index (χ1) is 21.7. The number of piperidine rings is 1. The van der Waals surface area contributed by atoms with Gasteiger partial charge in [0.25, 0.3) is 0 Å². The summed E-state index contributed by atoms with van der Waals surface area (Å²) in [5, 5.41) is 10.8. The topological polar surface area (TPSA) is 91.7 Å². The van der Waals surface area contributed by atoms with Gasteiger partial charge in [0.15, 0.2) is 0 Å². The first kappa shape index (κ1) is 32.8. The average molecular weight is 648 g/mol. The van der Waals surface area contributed by atoms with E-state index >= 15 is 0 Å². The molecule has 46 heavy (non-hydrogen) atoms. The monoisotopic (exact) mass is 647 g/mol. The number of anilines is 2. The molecule has 0 saturated carbocycles. The van der Waals surface area contributed by atoms with Crippen molar-refractivity contribution in [1.82, 2.24) is 15.0 Å². The van der Waals surface area contributed by atoms with E-state index in [1.165, 1.54) is 17.3 Å². The van der Waals surface area contributed by atoms with Crippen LogP contribution in [0.25, 0.3) is 10.8 Å². The van der Waals surface area contributed by atoms with Crippen LogP contribution >= 0.6 is 0 Å². The van der Waals surface area contributed by atoms with E-state index < -0.39 is 41.9 Å². The van der Waals surface area contributed by atoms with Crippen LogP contribution in [-0.2, 0) is 30.2 Å². The van der Waals surface area contributed by atoms with Gasteiger partial charge < -0.3 is 19.6 Å². The molecule has 1 N–H and O–H groups in total. The van der Waals surface area contributed by atoms with E-state index in [1.54, 1.807) is 6.07 Å². The maximum absolute atomic E-state index is 13.7. The maximum Gasteiger partial charge on any atom is 0.416 e. The summed E-state index contributed by atoms with van der Waals surface area (Å²) in [6.07, 6.45) is -6.34. The van der Waals surface area contributed by atoms with Crippen molar-refractivity contribution in [3.63, 3.8) is 0 Å². The number of halogens is 6. The Hall–Kier alpha value is -4.62. The molecule has 1 saturated heterocycles. The number of hydrogen-bond donors (Lipinski definition) is 1. The Morgan fingerprint density at radius 2 is 1.57 bits per heavy atom. The lowest BCUT2D eigenvalue weighted by Crippen LogP contribution is -2.36. The van der Waals surface area contributed by atoms with Crippen molar-refractivity contribution < 1.29 is 41.0 Å². The predicted molar refractivity (Wildman–Crippen MR) is 158 cm³/mol. The molecule has 1 aliphatic rings. The van der Waals surface area contributed by atoms with Crippen molar-refractivity contribution in [2.24, 2.45) is 5.92 Å². The van der Waals surface area contributed by atoms with Gasteiger partial charge in [-0.05, 0) is 68.0 Å². The molecule has 0 atom stereocenters. The van der Waals surface area contributed by atoms with Gasteiger partial charge in [0.1, 0.15) is 0 Å². The number of rotatable bonds is 9. The molecular weight excluding hydrogens is 616 g/mol. The van der Waals surface area contributed by atoms with Gasteiger partial charge in [0.05, 0.1) is 53.5 Å². The largest absolute Gasteiger partial charge is 0.481 e. The molecule has 0 aliphatic carbocycles. The molecule has 1 aliphatic heterocycles. The number of alkyl halides is 6. The fourth-order valence-electron chi connectivity index (χ4n) is 5.36. The summed E-state index contributed by atoms with van der Waals surface area (Å²) in [6.45, 7) is 4.13. The number of hydrogen-bond acceptors (Lipinski definition) is 7. The van der Waals surface area contributed by atoms with Crippen LogP contribution in [0.5, 0.6) is 5.88 Å². The zero-order chi connectivity index (χ0) is 33.2. The van der Waals surface area contributed by atoms with Crippen molar-refractivity contribution in [2.45, 2.75) is 58.2 Å². The first-order valence-corrected chi connectivity index (χ1v) is 14.6. The number of fused-ring (bicyclic) bond motifs is 1. The molecule has 0 amide bonds. The van der Waals surface area contributed by atoms with Crippen molar-refractivity contribution in [2.75, 3.05) is 22.9 Å². The molecule has 14 heteroatoms. The van der Waals surface area contributed by atoms with Gasteiger partial charge in [-0.2, -0.15) is 26.3 Å². The van der Waals surface area contributed by atoms with Gasteiger partial charge in [-0.3, -0.25) is 4.79 Å². The second-order valence-corrected chi connectivity index (χ2v) is 11.4. The van der Waals surface area contributed by atoms with Gasteiger partial charge in [0.2, 0.25) is 11.8 Å². The Bertz CT molecular complexity index is 1650. The number of carboxylic acids is 1. The van der Waals surface area contributed by atoms with E-state index in [1.807, 2.05) is 43.0 Å². The molecule has 3 heterocycles. The first-order valence-electron chi connectivity index (χ1n) is 14.6. The summed E-state index contributed by atoms with van der Waals surface area (Å²) in [4.78, 5) is 28.2. The number of nitrogens with zero attached hydrogens (tertiary/aromatic N) is 5. The Kier molecular flexibility index (Phi) is 9.27. The molecule has 4 aromatic rings. The molecule has 0 spiro atoms. The summed E-state index contributed by atoms with van der Waals surface area (Å²) >= 11 is 0. The highest BCUT2D eigenvalue weighted by molar-refractivity contribution is 5.87. The number of pyridine rings is 1. The number of aromatic nitrogens is 3. The van der Waals surface area contributed by atoms with Gasteiger partial charge in [0, 0.05) is 25.0 Å². The smallest absolute Gasteiger partial charge is 0.416 e. The van der Waals surface area contributed by atoms with Crippen LogP contribution < -0.4 is 14.5 Å². The zero-order valence-electron chi connectivity index (χ0n) is 24.9. The molecule has 244 valence electrons. The summed E-state index contributed by atoms with van der Waals surface area (Å²) in [7, 11) is 0. The Balaban J connectivity index is 1.52. The maximum atomic E-state index is 13.7. The van der Waals surface area contributed by atoms with E-state index in [0.717, 1.165) is 10.8 Å². The lowest BCUT2D eigenvalue weighted by molar-refractivity contribution is -0.144. The van der Waals surface area contributed by atoms with Crippen molar-refractivity contribution >= 4 is 28.4 Å². The highest BCUT2D eigenvalue weighted by Gasteiger charge is 2.37. The van der Waals surface area contributed by atoms with Crippen molar-refractivity contribution in [3.8, 4) is 5.88 Å². The molecule has 2 aromatic carbocycles. The van der Waals surface area contributed by atoms with Gasteiger partial charge in [-0.25, -0.2) is 15.0 Å². The molecule has 2 aromatic heterocycles. The minimum atomic E-state index is -5.00. The van der Waals surface area contributed by atoms with Crippen LogP contribution in [0.15, 0.2) is 60.9 Å². The molecule has 5 rings (SSSR count). The van der Waals surface area contributed by atoms with Crippen molar-refractivity contribution in [3.05, 3.63) is 83.3 Å². The van der Waals surface area contributed by atoms with E-state index in [2.05, 4.69) is 15.0 Å². The Morgan fingerprint density at radius 3 is 2.13 bits per heavy atom. The van der Waals surface area contributed by atoms with E-state index in [4.69, 9.17) is 4.74 Å². The Labute approximate surface area is 260 Å². The third-order valence-corrected chi connectivity index (χ3v) is 7.60. The average Bonchev–Trinajstić information content (AvgIpc) is 2.99. The summed E-state index contributed by atoms with van der Waals surface area (Å²) in [5.41, 5.74) is -2.04. The van der Waals surface area contributed by atoms with E-state index in [-0.39, 0.29) is 30.2 Å². The number of carboxylic acid groups (broad SMARTS) is 1.